The van der Waals surface area contributed by atoms with E-state index in [0.717, 1.165) is 12.8 Å². The number of rotatable bonds is 0. The van der Waals surface area contributed by atoms with Crippen molar-refractivity contribution in [1.82, 2.24) is 0 Å². The fourth-order valence-corrected chi connectivity index (χ4v) is 4.05. The molecule has 1 saturated carbocycles. The second-order valence-corrected chi connectivity index (χ2v) is 7.02. The Labute approximate surface area is 113 Å². The molecule has 3 atom stereocenters. The summed E-state index contributed by atoms with van der Waals surface area (Å²) in [5, 5.41) is 10.4. The molecule has 1 spiro atoms. The van der Waals surface area contributed by atoms with Gasteiger partial charge in [0, 0.05) is 12.0 Å². The van der Waals surface area contributed by atoms with Gasteiger partial charge in [0.05, 0.1) is 6.10 Å². The van der Waals surface area contributed by atoms with Gasteiger partial charge in [0.1, 0.15) is 17.2 Å². The summed E-state index contributed by atoms with van der Waals surface area (Å²) in [7, 11) is 0. The van der Waals surface area contributed by atoms with Crippen molar-refractivity contribution in [2.45, 2.75) is 51.7 Å². The lowest BCUT2D eigenvalue weighted by atomic mass is 9.81. The zero-order valence-corrected chi connectivity index (χ0v) is 11.7. The maximum atomic E-state index is 13.3. The molecule has 0 saturated heterocycles. The summed E-state index contributed by atoms with van der Waals surface area (Å²) in [6, 6.07) is 4.43. The first-order valence-corrected chi connectivity index (χ1v) is 6.98. The van der Waals surface area contributed by atoms with Crippen LogP contribution in [0.25, 0.3) is 0 Å². The lowest BCUT2D eigenvalue weighted by Gasteiger charge is -2.41. The van der Waals surface area contributed by atoms with E-state index in [4.69, 9.17) is 4.74 Å². The van der Waals surface area contributed by atoms with Crippen LogP contribution in [0.3, 0.4) is 0 Å². The van der Waals surface area contributed by atoms with Gasteiger partial charge in [0.2, 0.25) is 0 Å². The van der Waals surface area contributed by atoms with Crippen molar-refractivity contribution < 1.29 is 14.2 Å². The van der Waals surface area contributed by atoms with Gasteiger partial charge in [-0.05, 0) is 42.4 Å². The van der Waals surface area contributed by atoms with E-state index < -0.39 is 6.10 Å². The summed E-state index contributed by atoms with van der Waals surface area (Å²) < 4.78 is 19.5. The molecule has 2 nitrogen and oxygen atoms in total. The zero-order valence-electron chi connectivity index (χ0n) is 11.7. The third kappa shape index (κ3) is 2.04. The molecule has 0 amide bonds. The summed E-state index contributed by atoms with van der Waals surface area (Å²) in [5.74, 6) is 0.720. The van der Waals surface area contributed by atoms with Crippen molar-refractivity contribution in [3.05, 3.63) is 29.6 Å². The highest BCUT2D eigenvalue weighted by Crippen LogP contribution is 2.55. The Balaban J connectivity index is 1.99. The van der Waals surface area contributed by atoms with Crippen LogP contribution in [0, 0.1) is 17.2 Å². The minimum atomic E-state index is -0.629. The second kappa shape index (κ2) is 3.95. The molecule has 2 aliphatic rings. The average molecular weight is 264 g/mol. The van der Waals surface area contributed by atoms with Crippen LogP contribution in [0.1, 0.15) is 51.7 Å². The van der Waals surface area contributed by atoms with Crippen LogP contribution in [0.2, 0.25) is 0 Å². The number of ether oxygens (including phenoxy) is 1. The lowest BCUT2D eigenvalue weighted by molar-refractivity contribution is -0.0394. The molecular formula is C16H21FO2. The maximum absolute atomic E-state index is 13.3. The van der Waals surface area contributed by atoms with Gasteiger partial charge in [-0.1, -0.05) is 20.8 Å². The van der Waals surface area contributed by atoms with E-state index in [2.05, 4.69) is 20.8 Å². The predicted octanol–water partition coefficient (Wildman–Crippen LogP) is 3.84. The van der Waals surface area contributed by atoms with Crippen molar-refractivity contribution in [3.8, 4) is 5.75 Å². The van der Waals surface area contributed by atoms with E-state index >= 15 is 0 Å². The van der Waals surface area contributed by atoms with E-state index in [9.17, 15) is 9.50 Å². The molecule has 19 heavy (non-hydrogen) atoms. The Morgan fingerprint density at radius 3 is 2.68 bits per heavy atom. The quantitative estimate of drug-likeness (QED) is 0.771. The molecule has 1 aliphatic heterocycles. The van der Waals surface area contributed by atoms with Gasteiger partial charge < -0.3 is 9.84 Å². The number of halogens is 1. The third-order valence-electron chi connectivity index (χ3n) is 4.72. The lowest BCUT2D eigenvalue weighted by Crippen LogP contribution is -2.43. The van der Waals surface area contributed by atoms with Gasteiger partial charge in [-0.2, -0.15) is 0 Å². The minimum absolute atomic E-state index is 0.233. The molecule has 1 aliphatic carbocycles. The largest absolute Gasteiger partial charge is 0.486 e. The molecule has 3 rings (SSSR count). The molecule has 0 bridgehead atoms. The molecular weight excluding hydrogens is 243 g/mol. The summed E-state index contributed by atoms with van der Waals surface area (Å²) >= 11 is 0. The summed E-state index contributed by atoms with van der Waals surface area (Å²) in [6.45, 7) is 6.68. The van der Waals surface area contributed by atoms with Crippen LogP contribution in [0.15, 0.2) is 18.2 Å². The number of aliphatic hydroxyl groups is 1. The average Bonchev–Trinajstić information content (AvgIpc) is 2.49. The minimum Gasteiger partial charge on any atom is -0.486 e. The maximum Gasteiger partial charge on any atom is 0.126 e. The Kier molecular flexibility index (Phi) is 2.69. The van der Waals surface area contributed by atoms with Gasteiger partial charge in [0.15, 0.2) is 0 Å². The Bertz CT molecular complexity index is 511. The smallest absolute Gasteiger partial charge is 0.126 e. The monoisotopic (exact) mass is 264 g/mol. The van der Waals surface area contributed by atoms with Crippen molar-refractivity contribution in [2.24, 2.45) is 11.3 Å². The molecule has 1 fully saturated rings. The summed E-state index contributed by atoms with van der Waals surface area (Å²) in [4.78, 5) is 0. The van der Waals surface area contributed by atoms with Crippen molar-refractivity contribution in [2.75, 3.05) is 0 Å². The second-order valence-electron chi connectivity index (χ2n) is 7.02. The number of fused-ring (bicyclic) bond motifs is 1. The van der Waals surface area contributed by atoms with Gasteiger partial charge >= 0.3 is 0 Å². The normalized spacial score (nSPS) is 36.1. The van der Waals surface area contributed by atoms with Gasteiger partial charge in [0.25, 0.3) is 0 Å². The fraction of sp³-hybridized carbons (Fsp3) is 0.625. The van der Waals surface area contributed by atoms with Gasteiger partial charge in [-0.3, -0.25) is 0 Å². The van der Waals surface area contributed by atoms with Crippen LogP contribution >= 0.6 is 0 Å². The summed E-state index contributed by atoms with van der Waals surface area (Å²) in [5.41, 5.74) is 0.521. The molecule has 1 N–H and O–H groups in total. The molecule has 0 aromatic heterocycles. The highest BCUT2D eigenvalue weighted by molar-refractivity contribution is 5.39. The SMILES string of the molecule is CC1CC(C)(C)CC12C[C@H](O)c1cc(F)ccc1O2. The van der Waals surface area contributed by atoms with E-state index in [0.29, 0.717) is 23.7 Å². The third-order valence-corrected chi connectivity index (χ3v) is 4.72. The van der Waals surface area contributed by atoms with Gasteiger partial charge in [-0.15, -0.1) is 0 Å². The highest BCUT2D eigenvalue weighted by atomic mass is 19.1. The van der Waals surface area contributed by atoms with Crippen molar-refractivity contribution in [3.63, 3.8) is 0 Å². The summed E-state index contributed by atoms with van der Waals surface area (Å²) in [6.07, 6.45) is 1.97. The Hall–Kier alpha value is -1.09. The molecule has 1 heterocycles. The van der Waals surface area contributed by atoms with E-state index in [1.54, 1.807) is 6.07 Å². The van der Waals surface area contributed by atoms with Crippen LogP contribution in [0.5, 0.6) is 5.75 Å². The van der Waals surface area contributed by atoms with Crippen molar-refractivity contribution in [1.29, 1.82) is 0 Å². The van der Waals surface area contributed by atoms with Crippen LogP contribution in [-0.4, -0.2) is 10.7 Å². The number of aliphatic hydroxyl groups excluding tert-OH is 1. The molecule has 3 heteroatoms. The zero-order chi connectivity index (χ0) is 13.8. The Morgan fingerprint density at radius 2 is 2.05 bits per heavy atom. The van der Waals surface area contributed by atoms with E-state index in [1.165, 1.54) is 12.1 Å². The number of hydrogen-bond donors (Lipinski definition) is 1. The van der Waals surface area contributed by atoms with Gasteiger partial charge in [-0.25, -0.2) is 4.39 Å². The van der Waals surface area contributed by atoms with E-state index in [-0.39, 0.29) is 16.8 Å². The van der Waals surface area contributed by atoms with Crippen LogP contribution < -0.4 is 4.74 Å². The highest BCUT2D eigenvalue weighted by Gasteiger charge is 2.53. The molecule has 0 radical (unpaired) electrons. The molecule has 1 aromatic rings. The van der Waals surface area contributed by atoms with Crippen molar-refractivity contribution >= 4 is 0 Å². The first-order chi connectivity index (χ1) is 8.81. The Morgan fingerprint density at radius 1 is 1.32 bits per heavy atom. The molecule has 104 valence electrons. The predicted molar refractivity (Wildman–Crippen MR) is 71.5 cm³/mol. The van der Waals surface area contributed by atoms with Crippen LogP contribution in [0.4, 0.5) is 4.39 Å². The standard InChI is InChI=1S/C16H21FO2/c1-10-7-15(2,3)9-16(10)8-13(18)12-6-11(17)4-5-14(12)19-16/h4-6,10,13,18H,7-9H2,1-3H3/t10?,13-,16?/m0/s1. The first kappa shape index (κ1) is 12.9. The number of benzene rings is 1. The first-order valence-electron chi connectivity index (χ1n) is 6.98. The van der Waals surface area contributed by atoms with E-state index in [1.807, 2.05) is 0 Å². The topological polar surface area (TPSA) is 29.5 Å². The number of hydrogen-bond acceptors (Lipinski definition) is 2. The fourth-order valence-electron chi connectivity index (χ4n) is 4.05. The molecule has 1 aromatic carbocycles. The van der Waals surface area contributed by atoms with Crippen LogP contribution in [-0.2, 0) is 0 Å². The molecule has 2 unspecified atom stereocenters.